The summed E-state index contributed by atoms with van der Waals surface area (Å²) >= 11 is 0. The van der Waals surface area contributed by atoms with Crippen molar-refractivity contribution in [3.63, 3.8) is 0 Å². The molecule has 7 aromatic carbocycles. The molecular formula is C57H59BN2. The van der Waals surface area contributed by atoms with Gasteiger partial charge in [0.05, 0.1) is 11.4 Å². The lowest BCUT2D eigenvalue weighted by atomic mass is 9.33. The van der Waals surface area contributed by atoms with Gasteiger partial charge in [-0.25, -0.2) is 0 Å². The molecule has 0 radical (unpaired) electrons. The van der Waals surface area contributed by atoms with E-state index in [9.17, 15) is 0 Å². The molecule has 0 amide bonds. The normalized spacial score (nSPS) is 13.3. The predicted octanol–water partition coefficient (Wildman–Crippen LogP) is 13.9. The Hall–Kier alpha value is -5.80. The summed E-state index contributed by atoms with van der Waals surface area (Å²) in [6, 6.07) is 46.8. The van der Waals surface area contributed by atoms with Crippen LogP contribution in [-0.2, 0) is 10.8 Å². The van der Waals surface area contributed by atoms with Gasteiger partial charge in [-0.1, -0.05) is 150 Å². The lowest BCUT2D eigenvalue weighted by Gasteiger charge is -2.46. The molecule has 7 aromatic rings. The SMILES string of the molecule is Cc1cc(C)c(N2c3cc(C(C)(C)C)c(-c4ccccc4)cc3B3c4cc(-c5ccccc5)c(C(C)(C)C)cc4N(c4c(C)cc(C)cc4C)c4cc(C)cc2c43)c(C)c1. The van der Waals surface area contributed by atoms with Gasteiger partial charge >= 0.3 is 0 Å². The number of hydrogen-bond donors (Lipinski definition) is 0. The molecule has 3 heteroatoms. The summed E-state index contributed by atoms with van der Waals surface area (Å²) in [5.74, 6) is 0. The molecule has 9 rings (SSSR count). The van der Waals surface area contributed by atoms with E-state index in [1.54, 1.807) is 0 Å². The van der Waals surface area contributed by atoms with E-state index >= 15 is 0 Å². The number of rotatable bonds is 4. The summed E-state index contributed by atoms with van der Waals surface area (Å²) in [6.45, 7) is 30.1. The molecule has 2 heterocycles. The second-order valence-corrected chi connectivity index (χ2v) is 20.0. The summed E-state index contributed by atoms with van der Waals surface area (Å²) in [6.07, 6.45) is 0. The second kappa shape index (κ2) is 14.2. The zero-order valence-corrected chi connectivity index (χ0v) is 38.0. The maximum atomic E-state index is 2.64. The number of hydrogen-bond acceptors (Lipinski definition) is 2. The fraction of sp³-hybridized carbons (Fsp3) is 0.263. The number of anilines is 6. The topological polar surface area (TPSA) is 6.48 Å². The van der Waals surface area contributed by atoms with Gasteiger partial charge in [0.2, 0.25) is 0 Å². The van der Waals surface area contributed by atoms with E-state index in [1.165, 1.54) is 123 Å². The third-order valence-electron chi connectivity index (χ3n) is 13.0. The molecule has 0 bridgehead atoms. The molecule has 0 unspecified atom stereocenters. The van der Waals surface area contributed by atoms with Crippen LogP contribution in [0.15, 0.2) is 121 Å². The molecule has 0 saturated heterocycles. The van der Waals surface area contributed by atoms with E-state index in [0.29, 0.717) is 0 Å². The monoisotopic (exact) mass is 782 g/mol. The van der Waals surface area contributed by atoms with Crippen LogP contribution in [0.1, 0.15) is 91.6 Å². The number of nitrogens with zero attached hydrogens (tertiary/aromatic N) is 2. The van der Waals surface area contributed by atoms with Crippen molar-refractivity contribution in [3.05, 3.63) is 171 Å². The van der Waals surface area contributed by atoms with Gasteiger partial charge in [-0.15, -0.1) is 0 Å². The van der Waals surface area contributed by atoms with Crippen LogP contribution in [0.25, 0.3) is 22.3 Å². The number of fused-ring (bicyclic) bond motifs is 4. The highest BCUT2D eigenvalue weighted by molar-refractivity contribution is 7.00. The first kappa shape index (κ1) is 39.7. The van der Waals surface area contributed by atoms with Gasteiger partial charge in [0.1, 0.15) is 0 Å². The molecule has 0 fully saturated rings. The van der Waals surface area contributed by atoms with Crippen molar-refractivity contribution in [1.82, 2.24) is 0 Å². The van der Waals surface area contributed by atoms with E-state index in [-0.39, 0.29) is 17.5 Å². The summed E-state index contributed by atoms with van der Waals surface area (Å²) < 4.78 is 0. The Kier molecular flexibility index (Phi) is 9.36. The van der Waals surface area contributed by atoms with Crippen LogP contribution in [0.2, 0.25) is 0 Å². The van der Waals surface area contributed by atoms with Crippen LogP contribution in [0, 0.1) is 48.5 Å². The highest BCUT2D eigenvalue weighted by atomic mass is 15.2. The van der Waals surface area contributed by atoms with E-state index < -0.39 is 0 Å². The van der Waals surface area contributed by atoms with Crippen molar-refractivity contribution in [2.45, 2.75) is 101 Å². The van der Waals surface area contributed by atoms with Crippen LogP contribution < -0.4 is 26.2 Å². The fourth-order valence-corrected chi connectivity index (χ4v) is 10.7. The lowest BCUT2D eigenvalue weighted by molar-refractivity contribution is 0.592. The maximum Gasteiger partial charge on any atom is 0.252 e. The van der Waals surface area contributed by atoms with Crippen molar-refractivity contribution < 1.29 is 0 Å². The molecule has 0 N–H and O–H groups in total. The number of aryl methyl sites for hydroxylation is 7. The summed E-state index contributed by atoms with van der Waals surface area (Å²) in [4.78, 5) is 5.29. The van der Waals surface area contributed by atoms with Crippen LogP contribution in [-0.4, -0.2) is 6.71 Å². The first-order valence-electron chi connectivity index (χ1n) is 21.8. The van der Waals surface area contributed by atoms with Crippen molar-refractivity contribution >= 4 is 57.2 Å². The van der Waals surface area contributed by atoms with Gasteiger partial charge < -0.3 is 9.80 Å². The van der Waals surface area contributed by atoms with Gasteiger partial charge in [-0.05, 0) is 161 Å². The number of benzene rings is 7. The summed E-state index contributed by atoms with van der Waals surface area (Å²) in [7, 11) is 0. The molecule has 2 nitrogen and oxygen atoms in total. The molecule has 0 aliphatic carbocycles. The minimum atomic E-state index is -0.106. The van der Waals surface area contributed by atoms with E-state index in [1.807, 2.05) is 0 Å². The Labute approximate surface area is 360 Å². The zero-order valence-electron chi connectivity index (χ0n) is 38.0. The average molecular weight is 783 g/mol. The Morgan fingerprint density at radius 2 is 0.717 bits per heavy atom. The van der Waals surface area contributed by atoms with Gasteiger partial charge in [0.25, 0.3) is 6.71 Å². The molecular weight excluding hydrogens is 723 g/mol. The van der Waals surface area contributed by atoms with Crippen molar-refractivity contribution in [2.75, 3.05) is 9.80 Å². The van der Waals surface area contributed by atoms with Crippen LogP contribution in [0.3, 0.4) is 0 Å². The molecule has 0 atom stereocenters. The predicted molar refractivity (Wildman–Crippen MR) is 262 cm³/mol. The van der Waals surface area contributed by atoms with Crippen LogP contribution in [0.5, 0.6) is 0 Å². The zero-order chi connectivity index (χ0) is 42.6. The first-order valence-corrected chi connectivity index (χ1v) is 21.8. The molecule has 0 saturated carbocycles. The molecule has 2 aliphatic rings. The fourth-order valence-electron chi connectivity index (χ4n) is 10.7. The first-order chi connectivity index (χ1) is 28.4. The van der Waals surface area contributed by atoms with Crippen molar-refractivity contribution in [3.8, 4) is 22.3 Å². The minimum Gasteiger partial charge on any atom is -0.311 e. The quantitative estimate of drug-likeness (QED) is 0.164. The molecule has 2 aliphatic heterocycles. The third kappa shape index (κ3) is 6.40. The van der Waals surface area contributed by atoms with Gasteiger partial charge in [0.15, 0.2) is 0 Å². The smallest absolute Gasteiger partial charge is 0.252 e. The van der Waals surface area contributed by atoms with Crippen LogP contribution in [0.4, 0.5) is 34.1 Å². The van der Waals surface area contributed by atoms with E-state index in [4.69, 9.17) is 0 Å². The third-order valence-corrected chi connectivity index (χ3v) is 13.0. The Morgan fingerprint density at radius 3 is 1.05 bits per heavy atom. The Bertz CT molecular complexity index is 2610. The van der Waals surface area contributed by atoms with Gasteiger partial charge in [-0.3, -0.25) is 0 Å². The van der Waals surface area contributed by atoms with Crippen molar-refractivity contribution in [2.24, 2.45) is 0 Å². The van der Waals surface area contributed by atoms with Crippen molar-refractivity contribution in [1.29, 1.82) is 0 Å². The lowest BCUT2D eigenvalue weighted by Crippen LogP contribution is -2.61. The Morgan fingerprint density at radius 1 is 0.383 bits per heavy atom. The molecule has 300 valence electrons. The average Bonchev–Trinajstić information content (AvgIpc) is 3.17. The van der Waals surface area contributed by atoms with E-state index in [0.717, 1.165) is 0 Å². The van der Waals surface area contributed by atoms with E-state index in [2.05, 4.69) is 221 Å². The molecule has 60 heavy (non-hydrogen) atoms. The standard InChI is InChI=1S/C57H59BN2/c1-34-24-37(4)54(38(5)25-34)59-49-32-45(56(8,9)10)43(41-20-16-14-17-21-41)30-47(49)58-48-31-44(42-22-18-15-19-23-42)46(57(11,12)13)33-50(48)60(52-29-36(3)28-51(59)53(52)58)55-39(6)26-35(2)27-40(55)7/h14-33H,1-13H3. The molecule has 0 spiro atoms. The molecule has 0 aromatic heterocycles. The summed E-state index contributed by atoms with van der Waals surface area (Å²) in [5, 5.41) is 0. The summed E-state index contributed by atoms with van der Waals surface area (Å²) in [5.41, 5.74) is 28.3. The maximum absolute atomic E-state index is 2.64. The highest BCUT2D eigenvalue weighted by Crippen LogP contribution is 2.50. The highest BCUT2D eigenvalue weighted by Gasteiger charge is 2.46. The Balaban J connectivity index is 1.50. The van der Waals surface area contributed by atoms with Crippen LogP contribution >= 0.6 is 0 Å². The second-order valence-electron chi connectivity index (χ2n) is 20.0. The van der Waals surface area contributed by atoms with Gasteiger partial charge in [0, 0.05) is 22.7 Å². The minimum absolute atomic E-state index is 0.0156. The largest absolute Gasteiger partial charge is 0.311 e. The van der Waals surface area contributed by atoms with Gasteiger partial charge in [-0.2, -0.15) is 0 Å².